The lowest BCUT2D eigenvalue weighted by molar-refractivity contribution is -0.131. The summed E-state index contributed by atoms with van der Waals surface area (Å²) in [4.78, 5) is 17.9. The highest BCUT2D eigenvalue weighted by Crippen LogP contribution is 2.04. The van der Waals surface area contributed by atoms with Crippen molar-refractivity contribution in [2.45, 2.75) is 19.4 Å². The largest absolute Gasteiger partial charge is 0.340 e. The van der Waals surface area contributed by atoms with Gasteiger partial charge in [0.15, 0.2) is 0 Å². The number of nitrogens with one attached hydrogen (secondary N) is 1. The molecule has 0 aromatic carbocycles. The van der Waals surface area contributed by atoms with E-state index in [2.05, 4.69) is 17.2 Å². The summed E-state index contributed by atoms with van der Waals surface area (Å²) in [5, 5.41) is 3.32. The lowest BCUT2D eigenvalue weighted by Gasteiger charge is -2.32. The van der Waals surface area contributed by atoms with Crippen molar-refractivity contribution in [1.82, 2.24) is 15.2 Å². The Morgan fingerprint density at radius 2 is 2.47 bits per heavy atom. The molecule has 1 aliphatic heterocycles. The molecule has 0 saturated carbocycles. The predicted molar refractivity (Wildman–Crippen MR) is 69.2 cm³/mol. The Morgan fingerprint density at radius 3 is 3.12 bits per heavy atom. The van der Waals surface area contributed by atoms with E-state index in [4.69, 9.17) is 0 Å². The highest BCUT2D eigenvalue weighted by molar-refractivity contribution is 5.85. The molecule has 4 nitrogen and oxygen atoms in total. The van der Waals surface area contributed by atoms with Gasteiger partial charge in [0.1, 0.15) is 0 Å². The van der Waals surface area contributed by atoms with Crippen molar-refractivity contribution >= 4 is 18.3 Å². The van der Waals surface area contributed by atoms with Crippen LogP contribution in [0.5, 0.6) is 0 Å². The Kier molecular flexibility index (Phi) is 5.38. The summed E-state index contributed by atoms with van der Waals surface area (Å²) >= 11 is 0. The summed E-state index contributed by atoms with van der Waals surface area (Å²) in [5.41, 5.74) is 0.985. The maximum absolute atomic E-state index is 12.0. The molecule has 2 heterocycles. The first-order valence-electron chi connectivity index (χ1n) is 5.66. The van der Waals surface area contributed by atoms with E-state index in [9.17, 15) is 4.79 Å². The second-order valence-electron chi connectivity index (χ2n) is 4.23. The molecule has 17 heavy (non-hydrogen) atoms. The molecule has 1 saturated heterocycles. The zero-order valence-electron chi connectivity index (χ0n) is 9.93. The Bertz CT molecular complexity index is 358. The van der Waals surface area contributed by atoms with E-state index in [1.807, 2.05) is 17.0 Å². The number of piperazine rings is 1. The SMILES string of the molecule is C[C@@H]1CN(C(=O)Cc2cccnc2)CCN1.Cl. The van der Waals surface area contributed by atoms with Crippen LogP contribution in [0.1, 0.15) is 12.5 Å². The maximum atomic E-state index is 12.0. The van der Waals surface area contributed by atoms with Gasteiger partial charge in [0, 0.05) is 38.1 Å². The molecule has 1 amide bonds. The minimum absolute atomic E-state index is 0. The quantitative estimate of drug-likeness (QED) is 0.853. The van der Waals surface area contributed by atoms with Gasteiger partial charge in [-0.3, -0.25) is 9.78 Å². The van der Waals surface area contributed by atoms with Crippen LogP contribution in [-0.4, -0.2) is 41.5 Å². The van der Waals surface area contributed by atoms with E-state index in [0.29, 0.717) is 12.5 Å². The van der Waals surface area contributed by atoms with E-state index in [0.717, 1.165) is 25.2 Å². The Labute approximate surface area is 108 Å². The summed E-state index contributed by atoms with van der Waals surface area (Å²) in [6.07, 6.45) is 3.94. The van der Waals surface area contributed by atoms with Crippen molar-refractivity contribution < 1.29 is 4.79 Å². The number of aromatic nitrogens is 1. The molecular weight excluding hydrogens is 238 g/mol. The molecule has 1 aromatic rings. The third kappa shape index (κ3) is 3.98. The smallest absolute Gasteiger partial charge is 0.227 e. The van der Waals surface area contributed by atoms with E-state index in [1.165, 1.54) is 0 Å². The van der Waals surface area contributed by atoms with Gasteiger partial charge in [-0.25, -0.2) is 0 Å². The first kappa shape index (κ1) is 13.9. The third-order valence-electron chi connectivity index (χ3n) is 2.80. The molecule has 1 atom stereocenters. The van der Waals surface area contributed by atoms with Crippen LogP contribution >= 0.6 is 12.4 Å². The van der Waals surface area contributed by atoms with Gasteiger partial charge in [0.05, 0.1) is 6.42 Å². The average Bonchev–Trinajstić information content (AvgIpc) is 2.30. The standard InChI is InChI=1S/C12H17N3O.ClH/c1-10-9-15(6-5-14-10)12(16)7-11-3-2-4-13-8-11;/h2-4,8,10,14H,5-7,9H2,1H3;1H/t10-;/m1./s1. The molecule has 0 unspecified atom stereocenters. The number of carbonyl (C=O) groups excluding carboxylic acids is 1. The van der Waals surface area contributed by atoms with Gasteiger partial charge in [-0.1, -0.05) is 6.07 Å². The van der Waals surface area contributed by atoms with Crippen LogP contribution in [0.3, 0.4) is 0 Å². The molecule has 0 radical (unpaired) electrons. The zero-order chi connectivity index (χ0) is 11.4. The summed E-state index contributed by atoms with van der Waals surface area (Å²) in [7, 11) is 0. The predicted octanol–water partition coefficient (Wildman–Crippen LogP) is 0.866. The second kappa shape index (κ2) is 6.57. The fourth-order valence-electron chi connectivity index (χ4n) is 1.95. The lowest BCUT2D eigenvalue weighted by Crippen LogP contribution is -2.51. The van der Waals surface area contributed by atoms with E-state index >= 15 is 0 Å². The van der Waals surface area contributed by atoms with Crippen molar-refractivity contribution in [3.8, 4) is 0 Å². The van der Waals surface area contributed by atoms with Gasteiger partial charge in [-0.05, 0) is 18.6 Å². The third-order valence-corrected chi connectivity index (χ3v) is 2.80. The second-order valence-corrected chi connectivity index (χ2v) is 4.23. The number of nitrogens with zero attached hydrogens (tertiary/aromatic N) is 2. The zero-order valence-corrected chi connectivity index (χ0v) is 10.7. The Morgan fingerprint density at radius 1 is 1.65 bits per heavy atom. The van der Waals surface area contributed by atoms with Crippen molar-refractivity contribution in [2.24, 2.45) is 0 Å². The molecule has 5 heteroatoms. The first-order chi connectivity index (χ1) is 7.75. The first-order valence-corrected chi connectivity index (χ1v) is 5.66. The number of carbonyl (C=O) groups is 1. The highest BCUT2D eigenvalue weighted by Gasteiger charge is 2.20. The van der Waals surface area contributed by atoms with Gasteiger partial charge in [-0.2, -0.15) is 0 Å². The average molecular weight is 256 g/mol. The Balaban J connectivity index is 0.00000144. The van der Waals surface area contributed by atoms with E-state index in [1.54, 1.807) is 12.4 Å². The number of rotatable bonds is 2. The Hall–Kier alpha value is -1.13. The van der Waals surface area contributed by atoms with Crippen molar-refractivity contribution in [3.63, 3.8) is 0 Å². The van der Waals surface area contributed by atoms with Crippen molar-refractivity contribution in [1.29, 1.82) is 0 Å². The fraction of sp³-hybridized carbons (Fsp3) is 0.500. The molecule has 0 aliphatic carbocycles. The summed E-state index contributed by atoms with van der Waals surface area (Å²) in [6, 6.07) is 4.20. The number of hydrogen-bond donors (Lipinski definition) is 1. The van der Waals surface area contributed by atoms with Crippen LogP contribution in [0, 0.1) is 0 Å². The number of hydrogen-bond acceptors (Lipinski definition) is 3. The van der Waals surface area contributed by atoms with Crippen LogP contribution < -0.4 is 5.32 Å². The van der Waals surface area contributed by atoms with Crippen molar-refractivity contribution in [2.75, 3.05) is 19.6 Å². The normalized spacial score (nSPS) is 19.6. The topological polar surface area (TPSA) is 45.2 Å². The van der Waals surface area contributed by atoms with Gasteiger partial charge in [-0.15, -0.1) is 12.4 Å². The van der Waals surface area contributed by atoms with Crippen LogP contribution in [0.25, 0.3) is 0 Å². The molecule has 0 spiro atoms. The molecular formula is C12H18ClN3O. The van der Waals surface area contributed by atoms with E-state index < -0.39 is 0 Å². The lowest BCUT2D eigenvalue weighted by atomic mass is 10.1. The number of pyridine rings is 1. The molecule has 0 bridgehead atoms. The minimum Gasteiger partial charge on any atom is -0.340 e. The monoisotopic (exact) mass is 255 g/mol. The van der Waals surface area contributed by atoms with Crippen molar-refractivity contribution in [3.05, 3.63) is 30.1 Å². The molecule has 1 aromatic heterocycles. The fourth-order valence-corrected chi connectivity index (χ4v) is 1.95. The molecule has 1 aliphatic rings. The van der Waals surface area contributed by atoms with Gasteiger partial charge in [0.2, 0.25) is 5.91 Å². The van der Waals surface area contributed by atoms with Gasteiger partial charge < -0.3 is 10.2 Å². The maximum Gasteiger partial charge on any atom is 0.227 e. The summed E-state index contributed by atoms with van der Waals surface area (Å²) in [5.74, 6) is 0.196. The molecule has 1 fully saturated rings. The molecule has 2 rings (SSSR count). The van der Waals surface area contributed by atoms with E-state index in [-0.39, 0.29) is 18.3 Å². The van der Waals surface area contributed by atoms with Gasteiger partial charge in [0.25, 0.3) is 0 Å². The van der Waals surface area contributed by atoms with Crippen LogP contribution in [0.15, 0.2) is 24.5 Å². The summed E-state index contributed by atoms with van der Waals surface area (Å²) < 4.78 is 0. The van der Waals surface area contributed by atoms with Crippen LogP contribution in [0.4, 0.5) is 0 Å². The summed E-state index contributed by atoms with van der Waals surface area (Å²) in [6.45, 7) is 4.60. The van der Waals surface area contributed by atoms with Gasteiger partial charge >= 0.3 is 0 Å². The molecule has 1 N–H and O–H groups in total. The highest BCUT2D eigenvalue weighted by atomic mass is 35.5. The minimum atomic E-state index is 0. The van der Waals surface area contributed by atoms with Crippen LogP contribution in [-0.2, 0) is 11.2 Å². The molecule has 94 valence electrons. The number of amides is 1. The van der Waals surface area contributed by atoms with Crippen LogP contribution in [0.2, 0.25) is 0 Å². The number of halogens is 1.